The molecule has 2 heterocycles. The van der Waals surface area contributed by atoms with E-state index in [4.69, 9.17) is 23.7 Å². The van der Waals surface area contributed by atoms with E-state index in [9.17, 15) is 9.59 Å². The van der Waals surface area contributed by atoms with Crippen LogP contribution < -0.4 is 9.64 Å². The van der Waals surface area contributed by atoms with Gasteiger partial charge in [-0.2, -0.15) is 4.90 Å². The molecule has 0 saturated carbocycles. The summed E-state index contributed by atoms with van der Waals surface area (Å²) in [5.74, 6) is 6.94. The van der Waals surface area contributed by atoms with Gasteiger partial charge in [0.05, 0.1) is 0 Å². The average Bonchev–Trinajstić information content (AvgIpc) is 2.86. The first-order valence-corrected chi connectivity index (χ1v) is 14.8. The summed E-state index contributed by atoms with van der Waals surface area (Å²) < 4.78 is 29.5. The summed E-state index contributed by atoms with van der Waals surface area (Å²) in [6, 6.07) is 9.05. The van der Waals surface area contributed by atoms with E-state index < -0.39 is 29.0 Å². The van der Waals surface area contributed by atoms with E-state index in [0.717, 1.165) is 29.7 Å². The van der Waals surface area contributed by atoms with E-state index in [1.807, 2.05) is 32.0 Å². The van der Waals surface area contributed by atoms with Crippen molar-refractivity contribution >= 4 is 33.9 Å². The van der Waals surface area contributed by atoms with Crippen LogP contribution in [0.1, 0.15) is 85.8 Å². The maximum absolute atomic E-state index is 13.2. The Morgan fingerprint density at radius 3 is 2.29 bits per heavy atom. The number of imide groups is 1. The van der Waals surface area contributed by atoms with Crippen LogP contribution in [-0.4, -0.2) is 46.9 Å². The van der Waals surface area contributed by atoms with Gasteiger partial charge in [0, 0.05) is 28.4 Å². The third-order valence-corrected chi connectivity index (χ3v) is 6.01. The molecule has 2 amide bonds. The first-order chi connectivity index (χ1) is 19.5. The number of carbonyl (C=O) groups excluding carboxylic acids is 2. The highest BCUT2D eigenvalue weighted by molar-refractivity contribution is 9.10. The number of carbonyl (C=O) groups is 2. The number of pyridine rings is 1. The SMILES string of the molecule is CC(C)(C)OC(=O)N(C(=O)OC(C)(C)C)c1ncc(Br)cc1COc1cccc(C#CC(C)(C)OC2CCCCO2)c1. The van der Waals surface area contributed by atoms with Crippen molar-refractivity contribution in [3.05, 3.63) is 52.1 Å². The number of hydrogen-bond acceptors (Lipinski definition) is 8. The molecule has 1 aliphatic rings. The number of aromatic nitrogens is 1. The van der Waals surface area contributed by atoms with Crippen molar-refractivity contribution in [2.75, 3.05) is 11.5 Å². The van der Waals surface area contributed by atoms with Crippen LogP contribution in [0.2, 0.25) is 0 Å². The first kappa shape index (κ1) is 33.4. The molecule has 228 valence electrons. The minimum Gasteiger partial charge on any atom is -0.489 e. The summed E-state index contributed by atoms with van der Waals surface area (Å²) in [6.45, 7) is 14.8. The maximum atomic E-state index is 13.2. The number of ether oxygens (including phenoxy) is 5. The van der Waals surface area contributed by atoms with E-state index >= 15 is 0 Å². The van der Waals surface area contributed by atoms with Crippen molar-refractivity contribution in [3.63, 3.8) is 0 Å². The van der Waals surface area contributed by atoms with Crippen LogP contribution >= 0.6 is 15.9 Å². The Kier molecular flexibility index (Phi) is 11.0. The molecule has 3 rings (SSSR count). The fourth-order valence-corrected chi connectivity index (χ4v) is 4.23. The van der Waals surface area contributed by atoms with Gasteiger partial charge >= 0.3 is 12.2 Å². The predicted molar refractivity (Wildman–Crippen MR) is 163 cm³/mol. The Morgan fingerprint density at radius 2 is 1.69 bits per heavy atom. The number of rotatable bonds is 6. The summed E-state index contributed by atoms with van der Waals surface area (Å²) in [6.07, 6.45) is 2.42. The van der Waals surface area contributed by atoms with E-state index in [1.54, 1.807) is 53.7 Å². The zero-order valence-electron chi connectivity index (χ0n) is 25.7. The molecule has 0 spiro atoms. The van der Waals surface area contributed by atoms with Crippen LogP contribution in [0, 0.1) is 11.8 Å². The zero-order valence-corrected chi connectivity index (χ0v) is 27.3. The van der Waals surface area contributed by atoms with Gasteiger partial charge in [0.1, 0.15) is 29.2 Å². The van der Waals surface area contributed by atoms with E-state index in [1.165, 1.54) is 6.20 Å². The third kappa shape index (κ3) is 10.9. The number of amides is 2. The van der Waals surface area contributed by atoms with Crippen molar-refractivity contribution in [1.82, 2.24) is 4.98 Å². The van der Waals surface area contributed by atoms with Gasteiger partial charge in [0.15, 0.2) is 12.1 Å². The fraction of sp³-hybridized carbons (Fsp3) is 0.531. The van der Waals surface area contributed by atoms with Crippen molar-refractivity contribution < 1.29 is 33.3 Å². The molecule has 0 N–H and O–H groups in total. The van der Waals surface area contributed by atoms with Gasteiger partial charge in [-0.05, 0) is 115 Å². The maximum Gasteiger partial charge on any atom is 0.425 e. The van der Waals surface area contributed by atoms with E-state index in [2.05, 4.69) is 32.8 Å². The van der Waals surface area contributed by atoms with Crippen molar-refractivity contribution in [3.8, 4) is 17.6 Å². The molecular weight excluding hydrogens is 604 g/mol. The molecule has 1 unspecified atom stereocenters. The quantitative estimate of drug-likeness (QED) is 0.294. The highest BCUT2D eigenvalue weighted by Gasteiger charge is 2.35. The molecule has 0 radical (unpaired) electrons. The average molecular weight is 646 g/mol. The monoisotopic (exact) mass is 644 g/mol. The topological polar surface area (TPSA) is 96.4 Å². The molecule has 0 bridgehead atoms. The van der Waals surface area contributed by atoms with Crippen LogP contribution in [-0.2, 0) is 25.6 Å². The second-order valence-electron chi connectivity index (χ2n) is 12.4. The lowest BCUT2D eigenvalue weighted by atomic mass is 10.1. The van der Waals surface area contributed by atoms with Crippen LogP contribution in [0.4, 0.5) is 15.4 Å². The van der Waals surface area contributed by atoms with Crippen molar-refractivity contribution in [2.24, 2.45) is 0 Å². The molecule has 1 fully saturated rings. The second kappa shape index (κ2) is 13.9. The second-order valence-corrected chi connectivity index (χ2v) is 13.3. The van der Waals surface area contributed by atoms with Gasteiger partial charge in [0.25, 0.3) is 0 Å². The Hall–Kier alpha value is -3.13. The molecule has 1 atom stereocenters. The highest BCUT2D eigenvalue weighted by atomic mass is 79.9. The molecule has 1 saturated heterocycles. The number of hydrogen-bond donors (Lipinski definition) is 0. The minimum absolute atomic E-state index is 0.00558. The number of halogens is 1. The van der Waals surface area contributed by atoms with Crippen LogP contribution in [0.15, 0.2) is 41.0 Å². The minimum atomic E-state index is -0.909. The molecule has 10 heteroatoms. The van der Waals surface area contributed by atoms with Gasteiger partial charge in [-0.25, -0.2) is 14.6 Å². The molecule has 1 aromatic heterocycles. The molecule has 42 heavy (non-hydrogen) atoms. The normalized spacial score (nSPS) is 15.7. The lowest BCUT2D eigenvalue weighted by molar-refractivity contribution is -0.199. The Morgan fingerprint density at radius 1 is 1.02 bits per heavy atom. The summed E-state index contributed by atoms with van der Waals surface area (Å²) >= 11 is 3.42. The summed E-state index contributed by atoms with van der Waals surface area (Å²) in [7, 11) is 0. The van der Waals surface area contributed by atoms with Gasteiger partial charge in [-0.1, -0.05) is 17.9 Å². The van der Waals surface area contributed by atoms with Gasteiger partial charge in [-0.3, -0.25) is 0 Å². The smallest absolute Gasteiger partial charge is 0.425 e. The molecular formula is C32H41BrN2O7. The van der Waals surface area contributed by atoms with Crippen LogP contribution in [0.25, 0.3) is 0 Å². The van der Waals surface area contributed by atoms with Gasteiger partial charge in [0.2, 0.25) is 0 Å². The van der Waals surface area contributed by atoms with Gasteiger partial charge < -0.3 is 23.7 Å². The zero-order chi connectivity index (χ0) is 31.1. The molecule has 1 aliphatic heterocycles. The number of benzene rings is 1. The Balaban J connectivity index is 1.82. The fourth-order valence-electron chi connectivity index (χ4n) is 3.85. The van der Waals surface area contributed by atoms with E-state index in [0.29, 0.717) is 22.4 Å². The van der Waals surface area contributed by atoms with E-state index in [-0.39, 0.29) is 18.7 Å². The van der Waals surface area contributed by atoms with Crippen LogP contribution in [0.3, 0.4) is 0 Å². The molecule has 1 aromatic carbocycles. The number of nitrogens with zero attached hydrogens (tertiary/aromatic N) is 2. The van der Waals surface area contributed by atoms with Gasteiger partial charge in [-0.15, -0.1) is 0 Å². The largest absolute Gasteiger partial charge is 0.489 e. The predicted octanol–water partition coefficient (Wildman–Crippen LogP) is 7.77. The molecule has 2 aromatic rings. The summed E-state index contributed by atoms with van der Waals surface area (Å²) in [5.41, 5.74) is -1.20. The van der Waals surface area contributed by atoms with Crippen LogP contribution in [0.5, 0.6) is 5.75 Å². The number of anilines is 1. The van der Waals surface area contributed by atoms with Crippen molar-refractivity contribution in [2.45, 2.75) is 104 Å². The lowest BCUT2D eigenvalue weighted by Gasteiger charge is -2.29. The highest BCUT2D eigenvalue weighted by Crippen LogP contribution is 2.28. The molecule has 0 aliphatic carbocycles. The first-order valence-electron chi connectivity index (χ1n) is 14.0. The standard InChI is InChI=1S/C32H41BrN2O7/c1-30(2,3)41-28(36)35(29(37)42-31(4,5)6)27-23(19-24(33)20-34-27)21-39-25-13-11-12-22(18-25)15-16-32(7,8)40-26-14-9-10-17-38-26/h11-13,18-20,26H,9-10,14,17,21H2,1-8H3. The third-order valence-electron chi connectivity index (χ3n) is 5.57. The lowest BCUT2D eigenvalue weighted by Crippen LogP contribution is -2.44. The Bertz CT molecular complexity index is 1280. The molecule has 9 nitrogen and oxygen atoms in total. The summed E-state index contributed by atoms with van der Waals surface area (Å²) in [4.78, 5) is 31.6. The van der Waals surface area contributed by atoms with Crippen molar-refractivity contribution in [1.29, 1.82) is 0 Å². The summed E-state index contributed by atoms with van der Waals surface area (Å²) in [5, 5.41) is 0. The Labute approximate surface area is 257 Å².